The molecule has 31 heavy (non-hydrogen) atoms. The Kier molecular flexibility index (Phi) is 6.22. The summed E-state index contributed by atoms with van der Waals surface area (Å²) < 4.78 is 1.80. The number of nitrogens with two attached hydrogens (primary N) is 1. The highest BCUT2D eigenvalue weighted by atomic mass is 35.5. The number of nitrogens with one attached hydrogen (secondary N) is 2. The maximum atomic E-state index is 12.2. The molecular formula is C22H25ClN6O2. The predicted molar refractivity (Wildman–Crippen MR) is 120 cm³/mol. The molecule has 0 radical (unpaired) electrons. The van der Waals surface area contributed by atoms with Crippen molar-refractivity contribution in [3.63, 3.8) is 0 Å². The van der Waals surface area contributed by atoms with Crippen LogP contribution in [0.25, 0.3) is 5.82 Å². The molecule has 162 valence electrons. The van der Waals surface area contributed by atoms with Crippen LogP contribution in [-0.2, 0) is 0 Å². The molecule has 1 amide bonds. The first-order valence-corrected chi connectivity index (χ1v) is 10.5. The number of anilines is 1. The standard InChI is InChI=1S/C22H25ClN6O2/c1-13-10-26-22(27-16-5-7-25-11-16)28-21(13)29-8-6-17(20(24)31)19(29)18(12-30)14-3-2-4-15(23)9-14/h2-4,6,8-10,16,18,25,30H,5,7,11-12H2,1H3,(H2,24,31)(H,26,27,28)/t16?,18-/m0/s1. The van der Waals surface area contributed by atoms with E-state index in [1.807, 2.05) is 19.1 Å². The molecule has 0 spiro atoms. The number of halogens is 1. The number of rotatable bonds is 7. The molecular weight excluding hydrogens is 416 g/mol. The van der Waals surface area contributed by atoms with Crippen molar-refractivity contribution in [2.45, 2.75) is 25.3 Å². The highest BCUT2D eigenvalue weighted by Crippen LogP contribution is 2.32. The van der Waals surface area contributed by atoms with Crippen molar-refractivity contribution in [1.29, 1.82) is 0 Å². The van der Waals surface area contributed by atoms with E-state index in [9.17, 15) is 9.90 Å². The second-order valence-corrected chi connectivity index (χ2v) is 8.11. The van der Waals surface area contributed by atoms with Gasteiger partial charge in [0.1, 0.15) is 5.82 Å². The Balaban J connectivity index is 1.81. The highest BCUT2D eigenvalue weighted by molar-refractivity contribution is 6.30. The van der Waals surface area contributed by atoms with E-state index in [1.165, 1.54) is 0 Å². The maximum Gasteiger partial charge on any atom is 0.250 e. The summed E-state index contributed by atoms with van der Waals surface area (Å²) in [5, 5.41) is 17.5. The number of carbonyl (C=O) groups excluding carboxylic acids is 1. The molecule has 5 N–H and O–H groups in total. The van der Waals surface area contributed by atoms with Gasteiger partial charge in [-0.2, -0.15) is 4.98 Å². The quantitative estimate of drug-likeness (QED) is 0.447. The number of amides is 1. The summed E-state index contributed by atoms with van der Waals surface area (Å²) in [4.78, 5) is 21.3. The van der Waals surface area contributed by atoms with E-state index in [1.54, 1.807) is 35.2 Å². The van der Waals surface area contributed by atoms with Crippen molar-refractivity contribution in [3.05, 3.63) is 70.1 Å². The third-order valence-electron chi connectivity index (χ3n) is 5.52. The van der Waals surface area contributed by atoms with Gasteiger partial charge in [0.15, 0.2) is 0 Å². The summed E-state index contributed by atoms with van der Waals surface area (Å²) >= 11 is 6.18. The van der Waals surface area contributed by atoms with E-state index >= 15 is 0 Å². The van der Waals surface area contributed by atoms with Gasteiger partial charge < -0.3 is 26.0 Å². The Bertz CT molecular complexity index is 1090. The minimum atomic E-state index is -0.573. The number of aliphatic hydroxyl groups excluding tert-OH is 1. The van der Waals surface area contributed by atoms with Gasteiger partial charge in [-0.3, -0.25) is 4.79 Å². The number of carbonyl (C=O) groups is 1. The van der Waals surface area contributed by atoms with Gasteiger partial charge in [0, 0.05) is 47.2 Å². The number of aryl methyl sites for hydroxylation is 1. The van der Waals surface area contributed by atoms with Crippen LogP contribution in [0.15, 0.2) is 42.7 Å². The molecule has 2 aromatic heterocycles. The minimum Gasteiger partial charge on any atom is -0.395 e. The molecule has 1 saturated heterocycles. The van der Waals surface area contributed by atoms with Crippen LogP contribution in [0, 0.1) is 6.92 Å². The fourth-order valence-corrected chi connectivity index (χ4v) is 4.17. The lowest BCUT2D eigenvalue weighted by Crippen LogP contribution is -2.24. The first-order chi connectivity index (χ1) is 15.0. The van der Waals surface area contributed by atoms with E-state index in [0.29, 0.717) is 28.0 Å². The Labute approximate surface area is 185 Å². The topological polar surface area (TPSA) is 118 Å². The highest BCUT2D eigenvalue weighted by Gasteiger charge is 2.26. The van der Waals surface area contributed by atoms with Crippen molar-refractivity contribution in [2.24, 2.45) is 5.73 Å². The lowest BCUT2D eigenvalue weighted by Gasteiger charge is -2.21. The normalized spacial score (nSPS) is 16.9. The third-order valence-corrected chi connectivity index (χ3v) is 5.76. The monoisotopic (exact) mass is 440 g/mol. The molecule has 3 heterocycles. The molecule has 1 unspecified atom stereocenters. The second kappa shape index (κ2) is 9.05. The number of benzene rings is 1. The predicted octanol–water partition coefficient (Wildman–Crippen LogP) is 2.23. The second-order valence-electron chi connectivity index (χ2n) is 7.67. The number of hydrogen-bond donors (Lipinski definition) is 4. The summed E-state index contributed by atoms with van der Waals surface area (Å²) in [5.74, 6) is 0.0432. The molecule has 1 aromatic carbocycles. The maximum absolute atomic E-state index is 12.2. The molecule has 1 aliphatic rings. The van der Waals surface area contributed by atoms with Gasteiger partial charge in [-0.05, 0) is 43.7 Å². The van der Waals surface area contributed by atoms with Crippen LogP contribution < -0.4 is 16.4 Å². The molecule has 0 aliphatic carbocycles. The average molecular weight is 441 g/mol. The van der Waals surface area contributed by atoms with E-state index in [4.69, 9.17) is 22.3 Å². The fourth-order valence-electron chi connectivity index (χ4n) is 3.97. The van der Waals surface area contributed by atoms with Crippen molar-refractivity contribution in [2.75, 3.05) is 25.0 Å². The summed E-state index contributed by atoms with van der Waals surface area (Å²) in [6.45, 7) is 3.48. The Hall–Kier alpha value is -2.94. The molecule has 1 fully saturated rings. The summed E-state index contributed by atoms with van der Waals surface area (Å²) in [6.07, 6.45) is 4.49. The summed E-state index contributed by atoms with van der Waals surface area (Å²) in [5.41, 5.74) is 8.16. The molecule has 9 heteroatoms. The van der Waals surface area contributed by atoms with Gasteiger partial charge in [-0.15, -0.1) is 0 Å². The molecule has 3 aromatic rings. The van der Waals surface area contributed by atoms with Crippen LogP contribution in [-0.4, -0.2) is 51.3 Å². The molecule has 2 atom stereocenters. The largest absolute Gasteiger partial charge is 0.395 e. The fraction of sp³-hybridized carbons (Fsp3) is 0.318. The van der Waals surface area contributed by atoms with E-state index in [2.05, 4.69) is 15.6 Å². The number of primary amides is 1. The molecule has 1 aliphatic heterocycles. The smallest absolute Gasteiger partial charge is 0.250 e. The SMILES string of the molecule is Cc1cnc(NC2CCNC2)nc1-n1ccc(C(N)=O)c1[C@@H](CO)c1cccc(Cl)c1. The minimum absolute atomic E-state index is 0.229. The first kappa shape index (κ1) is 21.3. The summed E-state index contributed by atoms with van der Waals surface area (Å²) in [6, 6.07) is 9.13. The van der Waals surface area contributed by atoms with Crippen molar-refractivity contribution in [3.8, 4) is 5.82 Å². The van der Waals surface area contributed by atoms with E-state index in [-0.39, 0.29) is 12.6 Å². The third kappa shape index (κ3) is 4.41. The van der Waals surface area contributed by atoms with E-state index in [0.717, 1.165) is 30.6 Å². The van der Waals surface area contributed by atoms with Crippen LogP contribution in [0.2, 0.25) is 5.02 Å². The lowest BCUT2D eigenvalue weighted by molar-refractivity contribution is 0.0999. The van der Waals surface area contributed by atoms with Crippen molar-refractivity contribution >= 4 is 23.5 Å². The number of aromatic nitrogens is 3. The Morgan fingerprint density at radius 1 is 1.45 bits per heavy atom. The Morgan fingerprint density at radius 3 is 2.97 bits per heavy atom. The van der Waals surface area contributed by atoms with Crippen LogP contribution in [0.3, 0.4) is 0 Å². The summed E-state index contributed by atoms with van der Waals surface area (Å²) in [7, 11) is 0. The molecule has 8 nitrogen and oxygen atoms in total. The average Bonchev–Trinajstić information content (AvgIpc) is 3.40. The van der Waals surface area contributed by atoms with Crippen LogP contribution in [0.1, 0.15) is 39.5 Å². The van der Waals surface area contributed by atoms with Crippen LogP contribution >= 0.6 is 11.6 Å². The van der Waals surface area contributed by atoms with Gasteiger partial charge in [0.25, 0.3) is 5.91 Å². The molecule has 0 bridgehead atoms. The zero-order chi connectivity index (χ0) is 22.0. The molecule has 0 saturated carbocycles. The number of hydrogen-bond acceptors (Lipinski definition) is 6. The van der Waals surface area contributed by atoms with Gasteiger partial charge in [-0.1, -0.05) is 23.7 Å². The molecule has 4 rings (SSSR count). The number of nitrogens with zero attached hydrogens (tertiary/aromatic N) is 3. The Morgan fingerprint density at radius 2 is 2.29 bits per heavy atom. The van der Waals surface area contributed by atoms with Gasteiger partial charge >= 0.3 is 0 Å². The van der Waals surface area contributed by atoms with Gasteiger partial charge in [0.05, 0.1) is 12.2 Å². The van der Waals surface area contributed by atoms with E-state index < -0.39 is 11.8 Å². The van der Waals surface area contributed by atoms with Crippen molar-refractivity contribution in [1.82, 2.24) is 19.9 Å². The van der Waals surface area contributed by atoms with Gasteiger partial charge in [0.2, 0.25) is 5.95 Å². The zero-order valence-electron chi connectivity index (χ0n) is 17.2. The first-order valence-electron chi connectivity index (χ1n) is 10.2. The lowest BCUT2D eigenvalue weighted by atomic mass is 9.93. The van der Waals surface area contributed by atoms with Crippen LogP contribution in [0.4, 0.5) is 5.95 Å². The zero-order valence-corrected chi connectivity index (χ0v) is 17.9. The van der Waals surface area contributed by atoms with Crippen molar-refractivity contribution < 1.29 is 9.90 Å². The number of aliphatic hydroxyl groups is 1. The van der Waals surface area contributed by atoms with Crippen LogP contribution in [0.5, 0.6) is 0 Å². The van der Waals surface area contributed by atoms with Gasteiger partial charge in [-0.25, -0.2) is 4.98 Å².